The first-order valence-electron chi connectivity index (χ1n) is 10.1. The number of carbonyl (C=O) groups is 1. The smallest absolute Gasteiger partial charge is 0.234 e. The number of rotatable bonds is 8. The van der Waals surface area contributed by atoms with Crippen LogP contribution in [0.3, 0.4) is 0 Å². The molecule has 7 nitrogen and oxygen atoms in total. The Morgan fingerprint density at radius 2 is 2.06 bits per heavy atom. The summed E-state index contributed by atoms with van der Waals surface area (Å²) in [7, 11) is 1.60. The van der Waals surface area contributed by atoms with Crippen LogP contribution in [-0.4, -0.2) is 46.2 Å². The summed E-state index contributed by atoms with van der Waals surface area (Å²) < 4.78 is 39.8. The van der Waals surface area contributed by atoms with E-state index in [1.165, 1.54) is 17.8 Å². The molecule has 1 atom stereocenters. The summed E-state index contributed by atoms with van der Waals surface area (Å²) in [6.45, 7) is 1.28. The molecule has 2 aromatic carbocycles. The van der Waals surface area contributed by atoms with Crippen molar-refractivity contribution in [3.63, 3.8) is 0 Å². The number of benzene rings is 2. The third-order valence-electron chi connectivity index (χ3n) is 5.01. The molecule has 1 aliphatic heterocycles. The largest absolute Gasteiger partial charge is 0.497 e. The molecular formula is C22H22F2N4O3S. The summed E-state index contributed by atoms with van der Waals surface area (Å²) in [5.74, 6) is -0.579. The molecule has 1 saturated heterocycles. The molecule has 0 radical (unpaired) electrons. The van der Waals surface area contributed by atoms with Gasteiger partial charge in [-0.15, -0.1) is 10.2 Å². The van der Waals surface area contributed by atoms with Crippen LogP contribution in [0.1, 0.15) is 12.8 Å². The monoisotopic (exact) mass is 460 g/mol. The molecule has 2 heterocycles. The second kappa shape index (κ2) is 10.1. The Morgan fingerprint density at radius 1 is 1.25 bits per heavy atom. The molecule has 0 saturated carbocycles. The zero-order chi connectivity index (χ0) is 22.5. The second-order valence-corrected chi connectivity index (χ2v) is 8.18. The standard InChI is InChI=1S/C22H22F2N4O3S/c1-30-16-7-4-14(5-8-16)21-26-27-22(28(21)12-17-3-2-10-31-17)32-13-20(29)25-19-9-6-15(23)11-18(19)24/h4-9,11,17H,2-3,10,12-13H2,1H3,(H,25,29). The van der Waals surface area contributed by atoms with Gasteiger partial charge in [0.1, 0.15) is 17.4 Å². The summed E-state index contributed by atoms with van der Waals surface area (Å²) in [6.07, 6.45) is 1.98. The maximum Gasteiger partial charge on any atom is 0.234 e. The molecular weight excluding hydrogens is 438 g/mol. The van der Waals surface area contributed by atoms with Crippen LogP contribution in [0.25, 0.3) is 11.4 Å². The van der Waals surface area contributed by atoms with Gasteiger partial charge in [0.25, 0.3) is 0 Å². The number of methoxy groups -OCH3 is 1. The predicted molar refractivity (Wildman–Crippen MR) is 117 cm³/mol. The van der Waals surface area contributed by atoms with Gasteiger partial charge in [0.2, 0.25) is 5.91 Å². The number of nitrogens with zero attached hydrogens (tertiary/aromatic N) is 3. The van der Waals surface area contributed by atoms with Crippen LogP contribution in [0.4, 0.5) is 14.5 Å². The number of halogens is 2. The highest BCUT2D eigenvalue weighted by atomic mass is 32.2. The number of amides is 1. The molecule has 10 heteroatoms. The zero-order valence-corrected chi connectivity index (χ0v) is 18.2. The van der Waals surface area contributed by atoms with Crippen LogP contribution in [0, 0.1) is 11.6 Å². The van der Waals surface area contributed by atoms with Gasteiger partial charge in [-0.2, -0.15) is 0 Å². The number of carbonyl (C=O) groups excluding carboxylic acids is 1. The average Bonchev–Trinajstić information content (AvgIpc) is 3.45. The topological polar surface area (TPSA) is 78.3 Å². The van der Waals surface area contributed by atoms with Crippen molar-refractivity contribution in [3.8, 4) is 17.1 Å². The van der Waals surface area contributed by atoms with Gasteiger partial charge in [-0.3, -0.25) is 9.36 Å². The van der Waals surface area contributed by atoms with Crippen molar-refractivity contribution < 1.29 is 23.0 Å². The highest BCUT2D eigenvalue weighted by Crippen LogP contribution is 2.28. The van der Waals surface area contributed by atoms with Crippen LogP contribution in [-0.2, 0) is 16.1 Å². The Labute approximate surface area is 188 Å². The van der Waals surface area contributed by atoms with E-state index in [0.717, 1.165) is 42.9 Å². The van der Waals surface area contributed by atoms with Gasteiger partial charge in [0.05, 0.1) is 31.2 Å². The number of ether oxygens (including phenoxy) is 2. The fourth-order valence-electron chi connectivity index (χ4n) is 3.41. The number of hydrogen-bond donors (Lipinski definition) is 1. The van der Waals surface area contributed by atoms with Gasteiger partial charge >= 0.3 is 0 Å². The molecule has 3 aromatic rings. The quantitative estimate of drug-likeness (QED) is 0.509. The maximum atomic E-state index is 13.8. The lowest BCUT2D eigenvalue weighted by Crippen LogP contribution is -2.18. The predicted octanol–water partition coefficient (Wildman–Crippen LogP) is 4.14. The first-order chi connectivity index (χ1) is 15.5. The Balaban J connectivity index is 1.50. The summed E-state index contributed by atoms with van der Waals surface area (Å²) in [5, 5.41) is 11.6. The molecule has 0 spiro atoms. The Hall–Kier alpha value is -2.98. The van der Waals surface area contributed by atoms with Crippen molar-refractivity contribution in [1.82, 2.24) is 14.8 Å². The van der Waals surface area contributed by atoms with Crippen molar-refractivity contribution in [1.29, 1.82) is 0 Å². The lowest BCUT2D eigenvalue weighted by atomic mass is 10.2. The Bertz CT molecular complexity index is 1090. The summed E-state index contributed by atoms with van der Waals surface area (Å²) in [4.78, 5) is 12.3. The molecule has 1 N–H and O–H groups in total. The Kier molecular flexibility index (Phi) is 7.01. The number of nitrogens with one attached hydrogen (secondary N) is 1. The van der Waals surface area contributed by atoms with E-state index in [1.807, 2.05) is 28.8 Å². The molecule has 0 aliphatic carbocycles. The van der Waals surface area contributed by atoms with Crippen LogP contribution in [0.5, 0.6) is 5.75 Å². The van der Waals surface area contributed by atoms with Crippen molar-refractivity contribution >= 4 is 23.4 Å². The molecule has 0 bridgehead atoms. The van der Waals surface area contributed by atoms with Crippen molar-refractivity contribution in [2.45, 2.75) is 30.6 Å². The molecule has 168 valence electrons. The first-order valence-corrected chi connectivity index (χ1v) is 11.1. The van der Waals surface area contributed by atoms with Gasteiger partial charge in [-0.25, -0.2) is 8.78 Å². The molecule has 4 rings (SSSR count). The summed E-state index contributed by atoms with van der Waals surface area (Å²) >= 11 is 1.19. The van der Waals surface area contributed by atoms with Gasteiger partial charge in [0.15, 0.2) is 11.0 Å². The lowest BCUT2D eigenvalue weighted by Gasteiger charge is -2.15. The summed E-state index contributed by atoms with van der Waals surface area (Å²) in [6, 6.07) is 10.5. The van der Waals surface area contributed by atoms with E-state index in [2.05, 4.69) is 15.5 Å². The SMILES string of the molecule is COc1ccc(-c2nnc(SCC(=O)Nc3ccc(F)cc3F)n2CC2CCCO2)cc1. The average molecular weight is 461 g/mol. The number of thioether (sulfide) groups is 1. The number of anilines is 1. The second-order valence-electron chi connectivity index (χ2n) is 7.24. The van der Waals surface area contributed by atoms with E-state index >= 15 is 0 Å². The highest BCUT2D eigenvalue weighted by molar-refractivity contribution is 7.99. The van der Waals surface area contributed by atoms with E-state index in [1.54, 1.807) is 7.11 Å². The molecule has 32 heavy (non-hydrogen) atoms. The van der Waals surface area contributed by atoms with E-state index in [9.17, 15) is 13.6 Å². The van der Waals surface area contributed by atoms with Crippen molar-refractivity contribution in [3.05, 3.63) is 54.1 Å². The number of hydrogen-bond acceptors (Lipinski definition) is 6. The minimum absolute atomic E-state index is 0.0108. The van der Waals surface area contributed by atoms with Crippen LogP contribution in [0.15, 0.2) is 47.6 Å². The van der Waals surface area contributed by atoms with Crippen LogP contribution < -0.4 is 10.1 Å². The highest BCUT2D eigenvalue weighted by Gasteiger charge is 2.22. The minimum atomic E-state index is -0.827. The normalized spacial score (nSPS) is 15.7. The third-order valence-corrected chi connectivity index (χ3v) is 5.98. The Morgan fingerprint density at radius 3 is 2.75 bits per heavy atom. The van der Waals surface area contributed by atoms with Crippen LogP contribution >= 0.6 is 11.8 Å². The van der Waals surface area contributed by atoms with Crippen molar-refractivity contribution in [2.24, 2.45) is 0 Å². The zero-order valence-electron chi connectivity index (χ0n) is 17.4. The lowest BCUT2D eigenvalue weighted by molar-refractivity contribution is -0.113. The van der Waals surface area contributed by atoms with Gasteiger partial charge < -0.3 is 14.8 Å². The molecule has 1 fully saturated rings. The van der Waals surface area contributed by atoms with E-state index in [-0.39, 0.29) is 17.5 Å². The van der Waals surface area contributed by atoms with E-state index < -0.39 is 17.5 Å². The molecule has 1 amide bonds. The van der Waals surface area contributed by atoms with Gasteiger partial charge in [-0.1, -0.05) is 11.8 Å². The molecule has 1 unspecified atom stereocenters. The maximum absolute atomic E-state index is 13.8. The van der Waals surface area contributed by atoms with Gasteiger partial charge in [-0.05, 0) is 49.2 Å². The molecule has 1 aliphatic rings. The fourth-order valence-corrected chi connectivity index (χ4v) is 4.16. The van der Waals surface area contributed by atoms with E-state index in [0.29, 0.717) is 17.5 Å². The van der Waals surface area contributed by atoms with Gasteiger partial charge in [0, 0.05) is 18.2 Å². The molecule has 1 aromatic heterocycles. The minimum Gasteiger partial charge on any atom is -0.497 e. The first kappa shape index (κ1) is 22.2. The van der Waals surface area contributed by atoms with Crippen LogP contribution in [0.2, 0.25) is 0 Å². The third kappa shape index (κ3) is 5.25. The fraction of sp³-hybridized carbons (Fsp3) is 0.318. The summed E-state index contributed by atoms with van der Waals surface area (Å²) in [5.41, 5.74) is 0.790. The van der Waals surface area contributed by atoms with Crippen molar-refractivity contribution in [2.75, 3.05) is 24.8 Å². The number of aromatic nitrogens is 3. The van der Waals surface area contributed by atoms with E-state index in [4.69, 9.17) is 9.47 Å².